The zero-order valence-electron chi connectivity index (χ0n) is 10.5. The van der Waals surface area contributed by atoms with E-state index in [9.17, 15) is 4.79 Å². The summed E-state index contributed by atoms with van der Waals surface area (Å²) in [6, 6.07) is 0. The Balaban J connectivity index is 2.43. The van der Waals surface area contributed by atoms with E-state index >= 15 is 0 Å². The van der Waals surface area contributed by atoms with Gasteiger partial charge in [-0.1, -0.05) is 20.8 Å². The number of hydrogen-bond acceptors (Lipinski definition) is 3. The summed E-state index contributed by atoms with van der Waals surface area (Å²) >= 11 is 0. The molecular weight excluding hydrogens is 188 g/mol. The fourth-order valence-electron chi connectivity index (χ4n) is 2.13. The van der Waals surface area contributed by atoms with Crippen molar-refractivity contribution in [2.24, 2.45) is 5.41 Å². The van der Waals surface area contributed by atoms with Gasteiger partial charge in [0.05, 0.1) is 0 Å². The molecule has 1 fully saturated rings. The third-order valence-corrected chi connectivity index (χ3v) is 3.29. The molecule has 0 aromatic rings. The topological polar surface area (TPSA) is 23.6 Å². The second kappa shape index (κ2) is 5.08. The van der Waals surface area contributed by atoms with Gasteiger partial charge < -0.3 is 4.90 Å². The molecule has 0 aliphatic carbocycles. The highest BCUT2D eigenvalue weighted by Gasteiger charge is 2.29. The van der Waals surface area contributed by atoms with Crippen LogP contribution in [-0.2, 0) is 4.79 Å². The zero-order valence-corrected chi connectivity index (χ0v) is 10.5. The third kappa shape index (κ3) is 3.58. The maximum atomic E-state index is 11.7. The van der Waals surface area contributed by atoms with Gasteiger partial charge >= 0.3 is 0 Å². The SMILES string of the molecule is CCC(=O)C(C)(C)CN1CCN(C)CC1. The van der Waals surface area contributed by atoms with Crippen LogP contribution in [0.1, 0.15) is 27.2 Å². The van der Waals surface area contributed by atoms with Gasteiger partial charge in [-0.15, -0.1) is 0 Å². The second-order valence-corrected chi connectivity index (χ2v) is 5.24. The molecule has 0 unspecified atom stereocenters. The maximum Gasteiger partial charge on any atom is 0.139 e. The molecular formula is C12H24N2O. The smallest absolute Gasteiger partial charge is 0.139 e. The number of piperazine rings is 1. The number of likely N-dealkylation sites (N-methyl/N-ethyl adjacent to an activating group) is 1. The van der Waals surface area contributed by atoms with Crippen LogP contribution in [0.4, 0.5) is 0 Å². The van der Waals surface area contributed by atoms with Crippen molar-refractivity contribution < 1.29 is 4.79 Å². The van der Waals surface area contributed by atoms with Crippen molar-refractivity contribution >= 4 is 5.78 Å². The van der Waals surface area contributed by atoms with Gasteiger partial charge in [-0.3, -0.25) is 9.69 Å². The van der Waals surface area contributed by atoms with E-state index in [0.717, 1.165) is 32.7 Å². The van der Waals surface area contributed by atoms with Crippen LogP contribution >= 0.6 is 0 Å². The Morgan fingerprint density at radius 2 is 1.73 bits per heavy atom. The number of Topliss-reactive ketones (excluding diaryl/α,β-unsaturated/α-hetero) is 1. The highest BCUT2D eigenvalue weighted by Crippen LogP contribution is 2.20. The lowest BCUT2D eigenvalue weighted by Crippen LogP contribution is -2.49. The molecule has 15 heavy (non-hydrogen) atoms. The van der Waals surface area contributed by atoms with Crippen LogP contribution in [0.15, 0.2) is 0 Å². The third-order valence-electron chi connectivity index (χ3n) is 3.29. The molecule has 1 saturated heterocycles. The van der Waals surface area contributed by atoms with E-state index in [0.29, 0.717) is 12.2 Å². The fraction of sp³-hybridized carbons (Fsp3) is 0.917. The van der Waals surface area contributed by atoms with E-state index in [2.05, 4.69) is 30.7 Å². The minimum Gasteiger partial charge on any atom is -0.304 e. The van der Waals surface area contributed by atoms with Crippen molar-refractivity contribution in [3.63, 3.8) is 0 Å². The minimum atomic E-state index is -0.176. The van der Waals surface area contributed by atoms with Crippen molar-refractivity contribution in [1.82, 2.24) is 9.80 Å². The summed E-state index contributed by atoms with van der Waals surface area (Å²) in [5, 5.41) is 0. The Morgan fingerprint density at radius 1 is 1.20 bits per heavy atom. The Kier molecular flexibility index (Phi) is 4.29. The number of nitrogens with zero attached hydrogens (tertiary/aromatic N) is 2. The number of hydrogen-bond donors (Lipinski definition) is 0. The van der Waals surface area contributed by atoms with Crippen LogP contribution in [-0.4, -0.2) is 55.4 Å². The van der Waals surface area contributed by atoms with Gasteiger partial charge in [-0.05, 0) is 7.05 Å². The van der Waals surface area contributed by atoms with E-state index in [1.165, 1.54) is 0 Å². The first-order chi connectivity index (χ1) is 6.95. The van der Waals surface area contributed by atoms with Crippen LogP contribution in [0.5, 0.6) is 0 Å². The predicted molar refractivity (Wildman–Crippen MR) is 63.0 cm³/mol. The standard InChI is InChI=1S/C12H24N2O/c1-5-11(15)12(2,3)10-14-8-6-13(4)7-9-14/h5-10H2,1-4H3. The van der Waals surface area contributed by atoms with E-state index < -0.39 is 0 Å². The Hall–Kier alpha value is -0.410. The van der Waals surface area contributed by atoms with E-state index in [4.69, 9.17) is 0 Å². The second-order valence-electron chi connectivity index (χ2n) is 5.24. The molecule has 3 heteroatoms. The van der Waals surface area contributed by atoms with Gasteiger partial charge in [-0.25, -0.2) is 0 Å². The van der Waals surface area contributed by atoms with Crippen molar-refractivity contribution in [1.29, 1.82) is 0 Å². The molecule has 1 rings (SSSR count). The summed E-state index contributed by atoms with van der Waals surface area (Å²) in [7, 11) is 2.15. The fourth-order valence-corrected chi connectivity index (χ4v) is 2.13. The first-order valence-corrected chi connectivity index (χ1v) is 5.90. The summed E-state index contributed by atoms with van der Waals surface area (Å²) < 4.78 is 0. The largest absolute Gasteiger partial charge is 0.304 e. The van der Waals surface area contributed by atoms with Crippen molar-refractivity contribution in [2.75, 3.05) is 39.8 Å². The van der Waals surface area contributed by atoms with Crippen LogP contribution < -0.4 is 0 Å². The molecule has 0 atom stereocenters. The minimum absolute atomic E-state index is 0.176. The molecule has 0 radical (unpaired) electrons. The predicted octanol–water partition coefficient (Wildman–Crippen LogP) is 1.24. The van der Waals surface area contributed by atoms with Gasteiger partial charge in [-0.2, -0.15) is 0 Å². The van der Waals surface area contributed by atoms with Gasteiger partial charge in [0.15, 0.2) is 0 Å². The first kappa shape index (κ1) is 12.7. The molecule has 0 saturated carbocycles. The van der Waals surface area contributed by atoms with Gasteiger partial charge in [0.1, 0.15) is 5.78 Å². The van der Waals surface area contributed by atoms with Crippen LogP contribution in [0.25, 0.3) is 0 Å². The number of rotatable bonds is 4. The molecule has 1 aliphatic heterocycles. The highest BCUT2D eigenvalue weighted by atomic mass is 16.1. The van der Waals surface area contributed by atoms with E-state index in [-0.39, 0.29) is 5.41 Å². The lowest BCUT2D eigenvalue weighted by atomic mass is 9.86. The summed E-state index contributed by atoms with van der Waals surface area (Å²) in [4.78, 5) is 16.5. The number of carbonyl (C=O) groups excluding carboxylic acids is 1. The van der Waals surface area contributed by atoms with Gasteiger partial charge in [0.25, 0.3) is 0 Å². The van der Waals surface area contributed by atoms with E-state index in [1.807, 2.05) is 6.92 Å². The van der Waals surface area contributed by atoms with Crippen molar-refractivity contribution in [3.8, 4) is 0 Å². The van der Waals surface area contributed by atoms with Crippen LogP contribution in [0, 0.1) is 5.41 Å². The number of carbonyl (C=O) groups is 1. The molecule has 1 heterocycles. The molecule has 0 bridgehead atoms. The molecule has 0 spiro atoms. The van der Waals surface area contributed by atoms with Crippen LogP contribution in [0.2, 0.25) is 0 Å². The summed E-state index contributed by atoms with van der Waals surface area (Å²) in [5.74, 6) is 0.376. The zero-order chi connectivity index (χ0) is 11.5. The maximum absolute atomic E-state index is 11.7. The molecule has 1 aliphatic rings. The normalized spacial score (nSPS) is 20.5. The molecule has 88 valence electrons. The lowest BCUT2D eigenvalue weighted by Gasteiger charge is -2.37. The number of ketones is 1. The average Bonchev–Trinajstić information content (AvgIpc) is 2.20. The monoisotopic (exact) mass is 212 g/mol. The molecule has 0 aromatic carbocycles. The molecule has 3 nitrogen and oxygen atoms in total. The average molecular weight is 212 g/mol. The Labute approximate surface area is 93.4 Å². The lowest BCUT2D eigenvalue weighted by molar-refractivity contribution is -0.128. The Bertz CT molecular complexity index is 218. The van der Waals surface area contributed by atoms with Crippen LogP contribution in [0.3, 0.4) is 0 Å². The highest BCUT2D eigenvalue weighted by molar-refractivity contribution is 5.83. The molecule has 0 N–H and O–H groups in total. The summed E-state index contributed by atoms with van der Waals surface area (Å²) in [6.45, 7) is 11.4. The molecule has 0 amide bonds. The van der Waals surface area contributed by atoms with Crippen molar-refractivity contribution in [2.45, 2.75) is 27.2 Å². The van der Waals surface area contributed by atoms with Crippen molar-refractivity contribution in [3.05, 3.63) is 0 Å². The first-order valence-electron chi connectivity index (χ1n) is 5.90. The van der Waals surface area contributed by atoms with E-state index in [1.54, 1.807) is 0 Å². The Morgan fingerprint density at radius 3 is 2.20 bits per heavy atom. The van der Waals surface area contributed by atoms with Gasteiger partial charge in [0.2, 0.25) is 0 Å². The molecule has 0 aromatic heterocycles. The summed E-state index contributed by atoms with van der Waals surface area (Å²) in [5.41, 5.74) is -0.176. The quantitative estimate of drug-likeness (QED) is 0.700. The van der Waals surface area contributed by atoms with Gasteiger partial charge in [0, 0.05) is 44.6 Å². The summed E-state index contributed by atoms with van der Waals surface area (Å²) in [6.07, 6.45) is 0.654.